The lowest BCUT2D eigenvalue weighted by Gasteiger charge is -2.32. The molecule has 0 bridgehead atoms. The van der Waals surface area contributed by atoms with E-state index in [1.165, 1.54) is 18.3 Å². The molecular weight excluding hydrogens is 400 g/mol. The summed E-state index contributed by atoms with van der Waals surface area (Å²) in [5.74, 6) is -0.415. The minimum absolute atomic E-state index is 0.0222. The molecule has 0 amide bonds. The van der Waals surface area contributed by atoms with E-state index < -0.39 is 0 Å². The van der Waals surface area contributed by atoms with Crippen LogP contribution in [0.4, 0.5) is 0 Å². The molecular formula is C28H34O4. The first-order chi connectivity index (χ1) is 15.3. The summed E-state index contributed by atoms with van der Waals surface area (Å²) < 4.78 is 5.48. The molecule has 0 fully saturated rings. The normalized spacial score (nSPS) is 18.1. The number of phenolic OH excluding ortho intramolecular Hbond substituents is 2. The topological polar surface area (TPSA) is 66.8 Å². The third kappa shape index (κ3) is 4.74. The fraction of sp³-hybridized carbons (Fsp3) is 0.393. The van der Waals surface area contributed by atoms with Gasteiger partial charge in [-0.25, -0.2) is 0 Å². The van der Waals surface area contributed by atoms with Gasteiger partial charge in [0.25, 0.3) is 0 Å². The number of phenols is 2. The Kier molecular flexibility index (Phi) is 7.44. The predicted octanol–water partition coefficient (Wildman–Crippen LogP) is 6.77. The monoisotopic (exact) mass is 434 g/mol. The predicted molar refractivity (Wildman–Crippen MR) is 129 cm³/mol. The number of carbonyl (C=O) groups is 1. The van der Waals surface area contributed by atoms with E-state index >= 15 is 0 Å². The number of Topliss-reactive ketones (excluding diaryl/α,β-unsaturated/α-hetero) is 1. The molecule has 2 aromatic rings. The lowest BCUT2D eigenvalue weighted by molar-refractivity contribution is 0.0889. The smallest absolute Gasteiger partial charge is 0.174 e. The summed E-state index contributed by atoms with van der Waals surface area (Å²) in [4.78, 5) is 13.8. The Bertz CT molecular complexity index is 1040. The van der Waals surface area contributed by atoms with Gasteiger partial charge in [-0.15, -0.1) is 0 Å². The lowest BCUT2D eigenvalue weighted by Crippen LogP contribution is -2.26. The number of ketones is 1. The number of benzene rings is 2. The van der Waals surface area contributed by atoms with Gasteiger partial charge in [-0.3, -0.25) is 4.79 Å². The van der Waals surface area contributed by atoms with Gasteiger partial charge >= 0.3 is 0 Å². The maximum Gasteiger partial charge on any atom is 0.174 e. The van der Waals surface area contributed by atoms with Crippen molar-refractivity contribution in [2.24, 2.45) is 5.92 Å². The molecule has 0 saturated carbocycles. The largest absolute Gasteiger partial charge is 0.507 e. The lowest BCUT2D eigenvalue weighted by atomic mass is 9.71. The molecule has 0 aliphatic heterocycles. The first kappa shape index (κ1) is 23.6. The summed E-state index contributed by atoms with van der Waals surface area (Å²) >= 11 is 0. The Balaban J connectivity index is 2.02. The number of methoxy groups -OCH3 is 1. The van der Waals surface area contributed by atoms with Gasteiger partial charge in [0.15, 0.2) is 5.78 Å². The van der Waals surface area contributed by atoms with E-state index in [0.717, 1.165) is 24.8 Å². The maximum absolute atomic E-state index is 13.8. The first-order valence-electron chi connectivity index (χ1n) is 11.3. The van der Waals surface area contributed by atoms with Crippen molar-refractivity contribution < 1.29 is 19.7 Å². The van der Waals surface area contributed by atoms with Crippen molar-refractivity contribution in [1.29, 1.82) is 0 Å². The quantitative estimate of drug-likeness (QED) is 0.373. The van der Waals surface area contributed by atoms with Crippen molar-refractivity contribution in [3.8, 4) is 17.2 Å². The number of carbonyl (C=O) groups excluding carboxylic acids is 1. The Morgan fingerprint density at radius 3 is 2.41 bits per heavy atom. The third-order valence-electron chi connectivity index (χ3n) is 6.53. The summed E-state index contributed by atoms with van der Waals surface area (Å²) in [6.07, 6.45) is 7.87. The minimum Gasteiger partial charge on any atom is -0.507 e. The van der Waals surface area contributed by atoms with E-state index in [2.05, 4.69) is 38.1 Å². The van der Waals surface area contributed by atoms with Crippen molar-refractivity contribution in [3.05, 3.63) is 75.9 Å². The highest BCUT2D eigenvalue weighted by Gasteiger charge is 2.36. The van der Waals surface area contributed by atoms with Crippen LogP contribution in [0.1, 0.15) is 72.5 Å². The van der Waals surface area contributed by atoms with Crippen LogP contribution < -0.4 is 4.74 Å². The molecule has 2 aromatic carbocycles. The summed E-state index contributed by atoms with van der Waals surface area (Å²) in [6.45, 7) is 7.54. The molecule has 3 rings (SSSR count). The van der Waals surface area contributed by atoms with Crippen LogP contribution in [-0.2, 0) is 0 Å². The van der Waals surface area contributed by atoms with Crippen molar-refractivity contribution in [2.75, 3.05) is 7.11 Å². The molecule has 0 spiro atoms. The zero-order valence-electron chi connectivity index (χ0n) is 19.7. The van der Waals surface area contributed by atoms with Crippen LogP contribution in [0.15, 0.2) is 53.6 Å². The maximum atomic E-state index is 13.8. The molecule has 0 saturated heterocycles. The van der Waals surface area contributed by atoms with E-state index in [1.807, 2.05) is 18.2 Å². The van der Waals surface area contributed by atoms with Gasteiger partial charge in [-0.05, 0) is 64.9 Å². The van der Waals surface area contributed by atoms with Crippen LogP contribution in [0.5, 0.6) is 17.2 Å². The summed E-state index contributed by atoms with van der Waals surface area (Å²) in [6, 6.07) is 10.1. The van der Waals surface area contributed by atoms with Crippen LogP contribution in [0.3, 0.4) is 0 Å². The van der Waals surface area contributed by atoms with Crippen molar-refractivity contribution in [3.63, 3.8) is 0 Å². The standard InChI is InChI=1S/C28H34O4/c1-17(2)10-9-11-20-14-15-22(23(16-20)21-12-7-6-8-13-21)27(31)24-26(30)18(3)25(29)19(4)28(24)32-5/h6-8,10,12-14,22-23,29-30H,9,11,15-16H2,1-5H3/t22-,23+/m0/s1. The molecule has 170 valence electrons. The van der Waals surface area contributed by atoms with Crippen LogP contribution in [0, 0.1) is 19.8 Å². The summed E-state index contributed by atoms with van der Waals surface area (Å²) in [5.41, 5.74) is 4.76. The van der Waals surface area contributed by atoms with Gasteiger partial charge in [-0.2, -0.15) is 0 Å². The van der Waals surface area contributed by atoms with Gasteiger partial charge in [0.2, 0.25) is 0 Å². The second-order valence-corrected chi connectivity index (χ2v) is 8.97. The second kappa shape index (κ2) is 10.1. The van der Waals surface area contributed by atoms with Crippen molar-refractivity contribution in [1.82, 2.24) is 0 Å². The average Bonchev–Trinajstić information content (AvgIpc) is 2.79. The third-order valence-corrected chi connectivity index (χ3v) is 6.53. The molecule has 0 heterocycles. The molecule has 0 aromatic heterocycles. The number of aromatic hydroxyl groups is 2. The van der Waals surface area contributed by atoms with Crippen LogP contribution in [0.25, 0.3) is 0 Å². The first-order valence-corrected chi connectivity index (χ1v) is 11.3. The van der Waals surface area contributed by atoms with E-state index in [1.54, 1.807) is 13.8 Å². The fourth-order valence-electron chi connectivity index (χ4n) is 4.71. The number of rotatable bonds is 7. The highest BCUT2D eigenvalue weighted by molar-refractivity contribution is 6.04. The van der Waals surface area contributed by atoms with E-state index in [0.29, 0.717) is 17.5 Å². The molecule has 1 aliphatic rings. The molecule has 0 unspecified atom stereocenters. The number of allylic oxidation sites excluding steroid dienone is 4. The molecule has 2 atom stereocenters. The molecule has 4 nitrogen and oxygen atoms in total. The SMILES string of the molecule is COc1c(C)c(O)c(C)c(O)c1C(=O)[C@H]1CC=C(CCC=C(C)C)C[C@@H]1c1ccccc1. The Hall–Kier alpha value is -3.01. The zero-order chi connectivity index (χ0) is 23.4. The molecule has 32 heavy (non-hydrogen) atoms. The average molecular weight is 435 g/mol. The Morgan fingerprint density at radius 1 is 1.09 bits per heavy atom. The number of hydrogen-bond acceptors (Lipinski definition) is 4. The van der Waals surface area contributed by atoms with Gasteiger partial charge < -0.3 is 14.9 Å². The number of hydrogen-bond donors (Lipinski definition) is 2. The highest BCUT2D eigenvalue weighted by Crippen LogP contribution is 2.46. The van der Waals surface area contributed by atoms with Crippen molar-refractivity contribution >= 4 is 5.78 Å². The molecule has 2 N–H and O–H groups in total. The zero-order valence-corrected chi connectivity index (χ0v) is 19.7. The number of ether oxygens (including phenoxy) is 1. The summed E-state index contributed by atoms with van der Waals surface area (Å²) in [5, 5.41) is 21.1. The van der Waals surface area contributed by atoms with E-state index in [-0.39, 0.29) is 40.4 Å². The summed E-state index contributed by atoms with van der Waals surface area (Å²) in [7, 11) is 1.46. The molecule has 4 heteroatoms. The van der Waals surface area contributed by atoms with Crippen LogP contribution in [-0.4, -0.2) is 23.1 Å². The Morgan fingerprint density at radius 2 is 1.78 bits per heavy atom. The van der Waals surface area contributed by atoms with Gasteiger partial charge in [0.1, 0.15) is 22.8 Å². The van der Waals surface area contributed by atoms with Crippen LogP contribution in [0.2, 0.25) is 0 Å². The fourth-order valence-corrected chi connectivity index (χ4v) is 4.71. The van der Waals surface area contributed by atoms with E-state index in [4.69, 9.17) is 4.74 Å². The Labute approximate surface area is 191 Å². The molecule has 0 radical (unpaired) electrons. The van der Waals surface area contributed by atoms with Gasteiger partial charge in [-0.1, -0.05) is 53.6 Å². The van der Waals surface area contributed by atoms with Crippen molar-refractivity contribution in [2.45, 2.75) is 59.3 Å². The minimum atomic E-state index is -0.312. The molecule has 1 aliphatic carbocycles. The van der Waals surface area contributed by atoms with Crippen LogP contribution >= 0.6 is 0 Å². The van der Waals surface area contributed by atoms with E-state index in [9.17, 15) is 15.0 Å². The van der Waals surface area contributed by atoms with Gasteiger partial charge in [0, 0.05) is 17.0 Å². The highest BCUT2D eigenvalue weighted by atomic mass is 16.5. The second-order valence-electron chi connectivity index (χ2n) is 8.97. The van der Waals surface area contributed by atoms with Gasteiger partial charge in [0.05, 0.1) is 7.11 Å².